The molecule has 0 bridgehead atoms. The zero-order chi connectivity index (χ0) is 11.8. The number of hydrogen-bond donors (Lipinski definition) is 0. The lowest BCUT2D eigenvalue weighted by molar-refractivity contribution is 0.174. The average Bonchev–Trinajstić information content (AvgIpc) is 2.79. The van der Waals surface area contributed by atoms with E-state index in [4.69, 9.17) is 21.1 Å². The van der Waals surface area contributed by atoms with Crippen molar-refractivity contribution >= 4 is 34.2 Å². The molecule has 0 spiro atoms. The summed E-state index contributed by atoms with van der Waals surface area (Å²) in [7, 11) is 0. The second-order valence-corrected chi connectivity index (χ2v) is 4.92. The van der Waals surface area contributed by atoms with Crippen LogP contribution < -0.4 is 9.47 Å². The van der Waals surface area contributed by atoms with Crippen LogP contribution >= 0.6 is 34.2 Å². The van der Waals surface area contributed by atoms with Crippen LogP contribution in [0.5, 0.6) is 11.5 Å². The molecular weight excluding hydrogens is 354 g/mol. The summed E-state index contributed by atoms with van der Waals surface area (Å²) in [4.78, 5) is 8.45. The monoisotopic (exact) mass is 360 g/mol. The van der Waals surface area contributed by atoms with Crippen LogP contribution in [0.3, 0.4) is 0 Å². The van der Waals surface area contributed by atoms with Crippen molar-refractivity contribution in [3.63, 3.8) is 0 Å². The van der Waals surface area contributed by atoms with Gasteiger partial charge in [0.05, 0.1) is 3.57 Å². The molecule has 1 aliphatic rings. The lowest BCUT2D eigenvalue weighted by Gasteiger charge is -2.03. The number of halogens is 2. The van der Waals surface area contributed by atoms with Crippen LogP contribution in [-0.2, 0) is 0 Å². The quantitative estimate of drug-likeness (QED) is 0.579. The summed E-state index contributed by atoms with van der Waals surface area (Å²) in [5.74, 6) is 2.03. The molecule has 0 unspecified atom stereocenters. The highest BCUT2D eigenvalue weighted by Gasteiger charge is 2.15. The highest BCUT2D eigenvalue weighted by atomic mass is 127. The van der Waals surface area contributed by atoms with Crippen LogP contribution in [0, 0.1) is 3.57 Å². The van der Waals surface area contributed by atoms with Crippen LogP contribution in [0.1, 0.15) is 0 Å². The van der Waals surface area contributed by atoms with Crippen molar-refractivity contribution in [3.8, 4) is 22.9 Å². The number of rotatable bonds is 1. The minimum Gasteiger partial charge on any atom is -0.454 e. The Hall–Kier alpha value is -1.08. The van der Waals surface area contributed by atoms with Crippen molar-refractivity contribution in [1.82, 2.24) is 9.97 Å². The van der Waals surface area contributed by atoms with Gasteiger partial charge in [-0.05, 0) is 40.8 Å². The molecule has 3 rings (SSSR count). The third-order valence-corrected chi connectivity index (χ3v) is 3.73. The molecule has 1 aromatic carbocycles. The predicted octanol–water partition coefficient (Wildman–Crippen LogP) is 3.13. The number of benzene rings is 1. The van der Waals surface area contributed by atoms with Crippen molar-refractivity contribution in [1.29, 1.82) is 0 Å². The van der Waals surface area contributed by atoms with Gasteiger partial charge >= 0.3 is 0 Å². The molecule has 2 aromatic rings. The molecule has 0 amide bonds. The zero-order valence-corrected chi connectivity index (χ0v) is 11.4. The van der Waals surface area contributed by atoms with Crippen LogP contribution in [-0.4, -0.2) is 16.8 Å². The van der Waals surface area contributed by atoms with E-state index in [1.807, 2.05) is 18.2 Å². The molecule has 1 aromatic heterocycles. The van der Waals surface area contributed by atoms with E-state index in [9.17, 15) is 0 Å². The molecular formula is C11H6ClIN2O2. The Labute approximate surface area is 116 Å². The normalized spacial score (nSPS) is 12.8. The first kappa shape index (κ1) is 11.0. The van der Waals surface area contributed by atoms with Crippen molar-refractivity contribution in [2.24, 2.45) is 0 Å². The second kappa shape index (κ2) is 4.30. The van der Waals surface area contributed by atoms with Crippen molar-refractivity contribution < 1.29 is 9.47 Å². The highest BCUT2D eigenvalue weighted by Crippen LogP contribution is 2.35. The molecule has 6 heteroatoms. The fourth-order valence-corrected chi connectivity index (χ4v) is 1.91. The van der Waals surface area contributed by atoms with E-state index in [1.165, 1.54) is 0 Å². The molecule has 17 heavy (non-hydrogen) atoms. The molecule has 0 atom stereocenters. The minimum atomic E-state index is 0.257. The smallest absolute Gasteiger partial charge is 0.231 e. The first-order chi connectivity index (χ1) is 8.24. The van der Waals surface area contributed by atoms with Crippen LogP contribution in [0.2, 0.25) is 5.15 Å². The van der Waals surface area contributed by atoms with Gasteiger partial charge in [0, 0.05) is 11.8 Å². The third kappa shape index (κ3) is 2.04. The molecule has 0 saturated heterocycles. The van der Waals surface area contributed by atoms with Gasteiger partial charge in [0.15, 0.2) is 17.3 Å². The number of aromatic nitrogens is 2. The SMILES string of the molecule is Clc1nc(-c2ccc3c(c2)OCO3)ncc1I. The molecule has 1 aliphatic heterocycles. The summed E-state index contributed by atoms with van der Waals surface area (Å²) in [5.41, 5.74) is 0.854. The zero-order valence-electron chi connectivity index (χ0n) is 8.48. The van der Waals surface area contributed by atoms with Crippen molar-refractivity contribution in [2.75, 3.05) is 6.79 Å². The van der Waals surface area contributed by atoms with E-state index >= 15 is 0 Å². The molecule has 0 saturated carbocycles. The van der Waals surface area contributed by atoms with Gasteiger partial charge in [-0.25, -0.2) is 9.97 Å². The van der Waals surface area contributed by atoms with Gasteiger partial charge in [-0.2, -0.15) is 0 Å². The maximum Gasteiger partial charge on any atom is 0.231 e. The molecule has 0 aliphatic carbocycles. The summed E-state index contributed by atoms with van der Waals surface area (Å²) < 4.78 is 11.4. The van der Waals surface area contributed by atoms with Gasteiger partial charge < -0.3 is 9.47 Å². The fraction of sp³-hybridized carbons (Fsp3) is 0.0909. The molecule has 0 N–H and O–H groups in total. The van der Waals surface area contributed by atoms with Crippen molar-refractivity contribution in [2.45, 2.75) is 0 Å². The number of fused-ring (bicyclic) bond motifs is 1. The van der Waals surface area contributed by atoms with Gasteiger partial charge in [0.1, 0.15) is 5.15 Å². The fourth-order valence-electron chi connectivity index (χ4n) is 1.52. The summed E-state index contributed by atoms with van der Waals surface area (Å²) >= 11 is 8.05. The average molecular weight is 361 g/mol. The Bertz CT molecular complexity index is 592. The molecule has 2 heterocycles. The van der Waals surface area contributed by atoms with Crippen LogP contribution in [0.25, 0.3) is 11.4 Å². The minimum absolute atomic E-state index is 0.257. The largest absolute Gasteiger partial charge is 0.454 e. The van der Waals surface area contributed by atoms with Crippen molar-refractivity contribution in [3.05, 3.63) is 33.1 Å². The standard InChI is InChI=1S/C11H6ClIN2O2/c12-10-7(13)4-14-11(15-10)6-1-2-8-9(3-6)17-5-16-8/h1-4H,5H2. The number of hydrogen-bond acceptors (Lipinski definition) is 4. The second-order valence-electron chi connectivity index (χ2n) is 3.40. The first-order valence-corrected chi connectivity index (χ1v) is 6.28. The Morgan fingerprint density at radius 3 is 2.88 bits per heavy atom. The lowest BCUT2D eigenvalue weighted by atomic mass is 10.2. The Balaban J connectivity index is 2.06. The molecule has 0 fully saturated rings. The van der Waals surface area contributed by atoms with E-state index in [2.05, 4.69) is 32.6 Å². The maximum atomic E-state index is 5.97. The molecule has 4 nitrogen and oxygen atoms in total. The van der Waals surface area contributed by atoms with Gasteiger partial charge in [0.2, 0.25) is 6.79 Å². The van der Waals surface area contributed by atoms with Gasteiger partial charge in [0.25, 0.3) is 0 Å². The van der Waals surface area contributed by atoms with E-state index in [0.717, 1.165) is 14.9 Å². The lowest BCUT2D eigenvalue weighted by Crippen LogP contribution is -1.93. The third-order valence-electron chi connectivity index (χ3n) is 2.33. The number of nitrogens with zero attached hydrogens (tertiary/aromatic N) is 2. The van der Waals surface area contributed by atoms with Gasteiger partial charge in [-0.3, -0.25) is 0 Å². The van der Waals surface area contributed by atoms with E-state index in [1.54, 1.807) is 6.20 Å². The van der Waals surface area contributed by atoms with Crippen LogP contribution in [0.15, 0.2) is 24.4 Å². The summed E-state index contributed by atoms with van der Waals surface area (Å²) in [6.07, 6.45) is 1.69. The Morgan fingerprint density at radius 1 is 1.24 bits per heavy atom. The summed E-state index contributed by atoms with van der Waals surface area (Å²) in [6.45, 7) is 0.257. The summed E-state index contributed by atoms with van der Waals surface area (Å²) in [5, 5.41) is 0.452. The van der Waals surface area contributed by atoms with Gasteiger partial charge in [-0.15, -0.1) is 0 Å². The first-order valence-electron chi connectivity index (χ1n) is 4.82. The highest BCUT2D eigenvalue weighted by molar-refractivity contribution is 14.1. The Morgan fingerprint density at radius 2 is 2.06 bits per heavy atom. The van der Waals surface area contributed by atoms with E-state index in [-0.39, 0.29) is 6.79 Å². The summed E-state index contributed by atoms with van der Waals surface area (Å²) in [6, 6.07) is 5.57. The number of ether oxygens (including phenoxy) is 2. The van der Waals surface area contributed by atoms with Gasteiger partial charge in [-0.1, -0.05) is 11.6 Å². The van der Waals surface area contributed by atoms with Crippen LogP contribution in [0.4, 0.5) is 0 Å². The maximum absolute atomic E-state index is 5.97. The predicted molar refractivity (Wildman–Crippen MR) is 71.3 cm³/mol. The topological polar surface area (TPSA) is 44.2 Å². The van der Waals surface area contributed by atoms with E-state index in [0.29, 0.717) is 16.7 Å². The van der Waals surface area contributed by atoms with E-state index < -0.39 is 0 Å². The molecule has 86 valence electrons. The molecule has 0 radical (unpaired) electrons. The Kier molecular flexibility index (Phi) is 2.79.